The number of nitrogens with two attached hydrogens (primary N) is 5. The van der Waals surface area contributed by atoms with E-state index >= 15 is 0 Å². The van der Waals surface area contributed by atoms with E-state index in [1.807, 2.05) is 91.0 Å². The van der Waals surface area contributed by atoms with Crippen molar-refractivity contribution in [2.45, 2.75) is 141 Å². The highest BCUT2D eigenvalue weighted by Crippen LogP contribution is 2.34. The molecule has 0 bridgehead atoms. The van der Waals surface area contributed by atoms with Crippen LogP contribution in [0.4, 0.5) is 0 Å². The van der Waals surface area contributed by atoms with Crippen LogP contribution in [-0.2, 0) is 52.9 Å². The lowest BCUT2D eigenvalue weighted by atomic mass is 10.2. The minimum atomic E-state index is -1.10. The Balaban J connectivity index is -0.000000562. The monoisotopic (exact) mass is 1370 g/mol. The molecule has 3 rings (SSSR count). The molecule has 0 radical (unpaired) electrons. The minimum Gasteiger partial charge on any atom is -0.481 e. The van der Waals surface area contributed by atoms with Gasteiger partial charge in [-0.05, 0) is 127 Å². The Morgan fingerprint density at radius 3 is 0.979 bits per heavy atom. The molecule has 526 valence electrons. The maximum Gasteiger partial charge on any atom is 0.349 e. The summed E-state index contributed by atoms with van der Waals surface area (Å²) >= 11 is 6.97. The summed E-state index contributed by atoms with van der Waals surface area (Å²) in [5, 5.41) is 41.2. The number of hydroxylamine groups is 3. The van der Waals surface area contributed by atoms with Crippen LogP contribution in [0.5, 0.6) is 0 Å². The third-order valence-electron chi connectivity index (χ3n) is 11.1. The molecule has 0 saturated heterocycles. The van der Waals surface area contributed by atoms with E-state index in [0.717, 1.165) is 166 Å². The maximum atomic E-state index is 12.9. The van der Waals surface area contributed by atoms with Gasteiger partial charge < -0.3 is 74.2 Å². The van der Waals surface area contributed by atoms with Crippen molar-refractivity contribution in [2.75, 3.05) is 52.4 Å². The summed E-state index contributed by atoms with van der Waals surface area (Å²) in [6.45, 7) is 5.52. The van der Waals surface area contributed by atoms with E-state index in [-0.39, 0.29) is 23.1 Å². The number of carbonyl (C=O) groups excluding carboxylic acids is 3. The zero-order chi connectivity index (χ0) is 69.6. The average molecular weight is 1380 g/mol. The molecule has 28 heteroatoms. The Morgan fingerprint density at radius 1 is 0.404 bits per heavy atom. The SMILES string of the molecule is NCCCCCCN.NCCCCCCNOC(=O)/C=C/C=C/C(=O)O.NCCCCCCNOC(=O)/C=C/C=C/C(=O)O.NCCCCCCNOC(=O)C(CC(CC(=O)O)Sc1ccccc1)Sc1ccccc1.O.O=C(O)/C=C/C=C/C(=O)O.Sc1ccccc1. The van der Waals surface area contributed by atoms with Crippen LogP contribution in [0.25, 0.3) is 0 Å². The van der Waals surface area contributed by atoms with Crippen LogP contribution in [0, 0.1) is 0 Å². The van der Waals surface area contributed by atoms with Gasteiger partial charge in [-0.15, -0.1) is 36.2 Å². The van der Waals surface area contributed by atoms with Crippen molar-refractivity contribution < 1.29 is 83.9 Å². The number of carbonyl (C=O) groups is 8. The van der Waals surface area contributed by atoms with Gasteiger partial charge in [0.25, 0.3) is 0 Å². The number of thioether (sulfide) groups is 2. The summed E-state index contributed by atoms with van der Waals surface area (Å²) in [6.07, 6.45) is 30.4. The maximum absolute atomic E-state index is 12.9. The summed E-state index contributed by atoms with van der Waals surface area (Å²) in [7, 11) is 0. The Hall–Kier alpha value is -7.45. The number of rotatable bonds is 44. The van der Waals surface area contributed by atoms with E-state index < -0.39 is 47.0 Å². The molecule has 0 heterocycles. The number of carboxylic acid groups (broad SMARTS) is 5. The Labute approximate surface area is 567 Å². The van der Waals surface area contributed by atoms with E-state index in [4.69, 9.17) is 53.9 Å². The molecule has 20 N–H and O–H groups in total. The predicted octanol–water partition coefficient (Wildman–Crippen LogP) is 8.12. The molecule has 0 aliphatic heterocycles. The van der Waals surface area contributed by atoms with Gasteiger partial charge in [-0.3, -0.25) is 4.79 Å². The lowest BCUT2D eigenvalue weighted by molar-refractivity contribution is -0.151. The fraction of sp³-hybridized carbons (Fsp3) is 0.424. The number of allylic oxidation sites excluding steroid dienone is 6. The van der Waals surface area contributed by atoms with Crippen molar-refractivity contribution in [3.05, 3.63) is 164 Å². The average Bonchev–Trinajstić information content (AvgIpc) is 0.975. The molecule has 3 aromatic rings. The van der Waals surface area contributed by atoms with Gasteiger partial charge in [0.05, 0.1) is 6.42 Å². The van der Waals surface area contributed by atoms with E-state index in [1.54, 1.807) is 0 Å². The van der Waals surface area contributed by atoms with Crippen molar-refractivity contribution in [2.24, 2.45) is 28.7 Å². The standard InChI is InChI=1S/C24H32N2O4S2.2C12H20N2O4.C6H16N2.C6H6O4.C6H6S.H2O/c25-15-9-1-2-10-16-26-30-24(29)22(32-20-13-7-4-8-14-20)17-21(18-23(27)28)31-19-11-5-3-6-12-19;2*13-9-5-1-2-6-10-14-18-12(17)8-4-3-7-11(15)16;7-5-3-1-2-4-6-8;7-5(8)3-1-2-4-6(9)10;7-6-4-2-1-3-5-6;/h3-8,11-14,21-22,26H,1-2,9-10,15-18,25H2,(H,27,28);2*3-4,7-8,14H,1-2,5-6,9-10,13H2,(H,15,16);1-8H2;1-4H,(H,7,8)(H,9,10);1-5,7H;1H2/b;2*7-3+,8-4+;;3-1+,4-2+;;. The van der Waals surface area contributed by atoms with Crippen LogP contribution in [0.3, 0.4) is 0 Å². The molecule has 0 fully saturated rings. The number of nitrogens with one attached hydrogen (secondary N) is 3. The highest BCUT2D eigenvalue weighted by molar-refractivity contribution is 8.01. The van der Waals surface area contributed by atoms with Gasteiger partial charge in [0.1, 0.15) is 5.25 Å². The third-order valence-corrected chi connectivity index (χ3v) is 13.8. The van der Waals surface area contributed by atoms with E-state index in [9.17, 15) is 43.5 Å². The van der Waals surface area contributed by atoms with Crippen molar-refractivity contribution >= 4 is 83.9 Å². The van der Waals surface area contributed by atoms with Crippen molar-refractivity contribution in [3.63, 3.8) is 0 Å². The number of aliphatic carboxylic acids is 5. The lowest BCUT2D eigenvalue weighted by Crippen LogP contribution is -2.31. The first kappa shape index (κ1) is 93.0. The zero-order valence-electron chi connectivity index (χ0n) is 53.5. The van der Waals surface area contributed by atoms with Gasteiger partial charge in [0, 0.05) is 76.0 Å². The molecule has 2 unspecified atom stereocenters. The van der Waals surface area contributed by atoms with Crippen molar-refractivity contribution in [1.82, 2.24) is 16.4 Å². The second-order valence-electron chi connectivity index (χ2n) is 19.2. The first-order valence-electron chi connectivity index (χ1n) is 30.5. The quantitative estimate of drug-likeness (QED) is 0.00483. The van der Waals surface area contributed by atoms with E-state index in [2.05, 4.69) is 38.7 Å². The van der Waals surface area contributed by atoms with Crippen LogP contribution in [0.15, 0.2) is 179 Å². The fourth-order valence-corrected chi connectivity index (χ4v) is 9.25. The molecule has 3 aromatic carbocycles. The molecule has 2 atom stereocenters. The normalized spacial score (nSPS) is 11.3. The molecular weight excluding hydrogens is 1270 g/mol. The lowest BCUT2D eigenvalue weighted by Gasteiger charge is -2.21. The van der Waals surface area contributed by atoms with Gasteiger partial charge in [-0.25, -0.2) is 33.6 Å². The number of hydrogen-bond acceptors (Lipinski definition) is 22. The molecule has 25 nitrogen and oxygen atoms in total. The molecule has 0 aliphatic carbocycles. The number of hydrogen-bond donors (Lipinski definition) is 14. The van der Waals surface area contributed by atoms with E-state index in [1.165, 1.54) is 60.7 Å². The Kier molecular flexibility index (Phi) is 70.6. The van der Waals surface area contributed by atoms with Gasteiger partial charge >= 0.3 is 47.8 Å². The largest absolute Gasteiger partial charge is 0.481 e. The Bertz CT molecular complexity index is 2480. The molecule has 0 aromatic heterocycles. The van der Waals surface area contributed by atoms with E-state index in [0.29, 0.717) is 45.7 Å². The number of thiol groups is 1. The molecule has 0 spiro atoms. The first-order valence-corrected chi connectivity index (χ1v) is 32.7. The van der Waals surface area contributed by atoms with Gasteiger partial charge in [-0.1, -0.05) is 142 Å². The predicted molar refractivity (Wildman–Crippen MR) is 373 cm³/mol. The molecule has 0 saturated carbocycles. The molecule has 94 heavy (non-hydrogen) atoms. The number of benzene rings is 3. The smallest absolute Gasteiger partial charge is 0.349 e. The van der Waals surface area contributed by atoms with Crippen LogP contribution in [0.1, 0.15) is 116 Å². The van der Waals surface area contributed by atoms with Crippen molar-refractivity contribution in [3.8, 4) is 0 Å². The Morgan fingerprint density at radius 2 is 0.691 bits per heavy atom. The van der Waals surface area contributed by atoms with Crippen LogP contribution < -0.4 is 45.1 Å². The molecule has 0 aliphatic rings. The summed E-state index contributed by atoms with van der Waals surface area (Å²) in [5.41, 5.74) is 34.6. The topological polar surface area (TPSA) is 463 Å². The van der Waals surface area contributed by atoms with Crippen LogP contribution in [0.2, 0.25) is 0 Å². The van der Waals surface area contributed by atoms with Gasteiger partial charge in [0.15, 0.2) is 0 Å². The zero-order valence-corrected chi connectivity index (χ0v) is 56.0. The summed E-state index contributed by atoms with van der Waals surface area (Å²) in [4.78, 5) is 104. The highest BCUT2D eigenvalue weighted by Gasteiger charge is 2.28. The van der Waals surface area contributed by atoms with Crippen LogP contribution in [-0.4, -0.2) is 142 Å². The molecular formula is C66H102N8O17S3. The first-order chi connectivity index (χ1) is 44.8. The van der Waals surface area contributed by atoms with Crippen molar-refractivity contribution in [1.29, 1.82) is 0 Å². The number of unbranched alkanes of at least 4 members (excludes halogenated alkanes) is 12. The number of carboxylic acids is 5. The summed E-state index contributed by atoms with van der Waals surface area (Å²) in [6, 6.07) is 29.1. The molecule has 0 amide bonds. The summed E-state index contributed by atoms with van der Waals surface area (Å²) in [5.74, 6) is -6.73. The fourth-order valence-electron chi connectivity index (χ4n) is 6.63. The minimum absolute atomic E-state index is 0. The van der Waals surface area contributed by atoms with Crippen LogP contribution >= 0.6 is 36.2 Å². The second kappa shape index (κ2) is 71.4. The highest BCUT2D eigenvalue weighted by atomic mass is 32.2. The van der Waals surface area contributed by atoms with Gasteiger partial charge in [-0.2, -0.15) is 16.4 Å². The summed E-state index contributed by atoms with van der Waals surface area (Å²) < 4.78 is 0. The second-order valence-corrected chi connectivity index (χ2v) is 22.4. The van der Waals surface area contributed by atoms with Gasteiger partial charge in [0.2, 0.25) is 0 Å². The third kappa shape index (κ3) is 73.6.